The molecule has 1 heterocycles. The molecule has 3 aromatic rings. The molecule has 0 aliphatic carbocycles. The van der Waals surface area contributed by atoms with Gasteiger partial charge in [0.2, 0.25) is 0 Å². The molecule has 0 bridgehead atoms. The van der Waals surface area contributed by atoms with Gasteiger partial charge in [0.05, 0.1) is 16.8 Å². The molecule has 0 unspecified atom stereocenters. The first-order chi connectivity index (χ1) is 10.7. The molecule has 110 valence electrons. The van der Waals surface area contributed by atoms with E-state index in [2.05, 4.69) is 15.3 Å². The van der Waals surface area contributed by atoms with Gasteiger partial charge in [-0.15, -0.1) is 0 Å². The molecule has 0 atom stereocenters. The van der Waals surface area contributed by atoms with Gasteiger partial charge in [-0.1, -0.05) is 18.2 Å². The zero-order valence-corrected chi connectivity index (χ0v) is 12.2. The monoisotopic (exact) mass is 292 g/mol. The van der Waals surface area contributed by atoms with Gasteiger partial charge in [-0.25, -0.2) is 9.97 Å². The summed E-state index contributed by atoms with van der Waals surface area (Å²) < 4.78 is 0. The Bertz CT molecular complexity index is 845. The normalized spacial score (nSPS) is 10.6. The number of hydrogen-bond donors (Lipinski definition) is 2. The first-order valence-corrected chi connectivity index (χ1v) is 7.07. The van der Waals surface area contributed by atoms with Crippen LogP contribution in [0.15, 0.2) is 48.9 Å². The molecule has 22 heavy (non-hydrogen) atoms. The average Bonchev–Trinajstić information content (AvgIpc) is 2.54. The molecule has 3 rings (SSSR count). The minimum Gasteiger partial charge on any atom is -0.384 e. The zero-order chi connectivity index (χ0) is 15.5. The minimum absolute atomic E-state index is 0.443. The highest BCUT2D eigenvalue weighted by Crippen LogP contribution is 2.32. The Hall–Kier alpha value is -2.95. The summed E-state index contributed by atoms with van der Waals surface area (Å²) in [6.07, 6.45) is 3.30. The van der Waals surface area contributed by atoms with E-state index in [9.17, 15) is 4.79 Å². The van der Waals surface area contributed by atoms with Crippen LogP contribution in [0.3, 0.4) is 0 Å². The van der Waals surface area contributed by atoms with Gasteiger partial charge in [0, 0.05) is 23.7 Å². The lowest BCUT2D eigenvalue weighted by atomic mass is 9.98. The minimum atomic E-state index is -0.443. The smallest absolute Gasteiger partial charge is 0.250 e. The molecule has 0 spiro atoms. The molecule has 0 fully saturated rings. The van der Waals surface area contributed by atoms with E-state index in [1.54, 1.807) is 12.3 Å². The summed E-state index contributed by atoms with van der Waals surface area (Å²) in [6, 6.07) is 11.5. The fraction of sp³-hybridized carbons (Fsp3) is 0.118. The average molecular weight is 292 g/mol. The Balaban J connectivity index is 2.20. The van der Waals surface area contributed by atoms with E-state index in [0.717, 1.165) is 27.7 Å². The molecule has 0 aliphatic heterocycles. The third kappa shape index (κ3) is 2.48. The number of hydrogen-bond acceptors (Lipinski definition) is 4. The largest absolute Gasteiger partial charge is 0.384 e. The topological polar surface area (TPSA) is 80.9 Å². The number of fused-ring (bicyclic) bond motifs is 1. The molecule has 0 saturated heterocycles. The van der Waals surface area contributed by atoms with Crippen molar-refractivity contribution in [3.05, 3.63) is 54.5 Å². The molecule has 0 radical (unpaired) electrons. The van der Waals surface area contributed by atoms with Crippen molar-refractivity contribution in [1.29, 1.82) is 0 Å². The van der Waals surface area contributed by atoms with E-state index in [0.29, 0.717) is 12.1 Å². The second kappa shape index (κ2) is 5.81. The third-order valence-corrected chi connectivity index (χ3v) is 3.50. The molecule has 5 nitrogen and oxygen atoms in total. The summed E-state index contributed by atoms with van der Waals surface area (Å²) >= 11 is 0. The highest BCUT2D eigenvalue weighted by atomic mass is 16.1. The van der Waals surface area contributed by atoms with Gasteiger partial charge >= 0.3 is 0 Å². The molecular formula is C17H16N4O. The Kier molecular flexibility index (Phi) is 3.70. The second-order valence-corrected chi connectivity index (χ2v) is 4.92. The number of aromatic nitrogens is 2. The molecule has 5 heteroatoms. The van der Waals surface area contributed by atoms with Crippen LogP contribution in [-0.4, -0.2) is 22.4 Å². The van der Waals surface area contributed by atoms with E-state index >= 15 is 0 Å². The summed E-state index contributed by atoms with van der Waals surface area (Å²) in [5.74, 6) is -0.443. The summed E-state index contributed by atoms with van der Waals surface area (Å²) in [4.78, 5) is 19.9. The number of rotatable bonds is 4. The van der Waals surface area contributed by atoms with Crippen LogP contribution in [0.4, 0.5) is 5.69 Å². The number of primary amides is 1. The molecular weight excluding hydrogens is 276 g/mol. The molecule has 3 N–H and O–H groups in total. The SMILES string of the molecule is CCNc1c(C(N)=O)cccc1-c1ccc2ncncc2c1. The van der Waals surface area contributed by atoms with Gasteiger partial charge < -0.3 is 11.1 Å². The Labute approximate surface area is 128 Å². The lowest BCUT2D eigenvalue weighted by Crippen LogP contribution is -2.15. The van der Waals surface area contributed by atoms with Crippen molar-refractivity contribution in [3.63, 3.8) is 0 Å². The number of carbonyl (C=O) groups excluding carboxylic acids is 1. The van der Waals surface area contributed by atoms with Crippen molar-refractivity contribution in [3.8, 4) is 11.1 Å². The predicted octanol–water partition coefficient (Wildman–Crippen LogP) is 2.83. The maximum absolute atomic E-state index is 11.7. The van der Waals surface area contributed by atoms with Gasteiger partial charge in [-0.05, 0) is 30.7 Å². The van der Waals surface area contributed by atoms with Crippen molar-refractivity contribution in [1.82, 2.24) is 9.97 Å². The Morgan fingerprint density at radius 3 is 2.91 bits per heavy atom. The fourth-order valence-corrected chi connectivity index (χ4v) is 2.52. The van der Waals surface area contributed by atoms with Crippen LogP contribution in [0, 0.1) is 0 Å². The molecule has 2 aromatic carbocycles. The van der Waals surface area contributed by atoms with Gasteiger partial charge in [0.25, 0.3) is 5.91 Å². The summed E-state index contributed by atoms with van der Waals surface area (Å²) in [5.41, 5.74) is 9.54. The van der Waals surface area contributed by atoms with Crippen LogP contribution in [-0.2, 0) is 0 Å². The zero-order valence-electron chi connectivity index (χ0n) is 12.2. The van der Waals surface area contributed by atoms with Crippen LogP contribution >= 0.6 is 0 Å². The van der Waals surface area contributed by atoms with Crippen molar-refractivity contribution in [2.75, 3.05) is 11.9 Å². The second-order valence-electron chi connectivity index (χ2n) is 4.92. The summed E-state index contributed by atoms with van der Waals surface area (Å²) in [7, 11) is 0. The van der Waals surface area contributed by atoms with E-state index in [1.807, 2.05) is 37.3 Å². The first kappa shape index (κ1) is 14.0. The highest BCUT2D eigenvalue weighted by molar-refractivity contribution is 6.02. The fourth-order valence-electron chi connectivity index (χ4n) is 2.52. The van der Waals surface area contributed by atoms with Gasteiger partial charge in [-0.2, -0.15) is 0 Å². The van der Waals surface area contributed by atoms with Crippen LogP contribution < -0.4 is 11.1 Å². The number of nitrogens with zero attached hydrogens (tertiary/aromatic N) is 2. The number of nitrogens with one attached hydrogen (secondary N) is 1. The van der Waals surface area contributed by atoms with Crippen molar-refractivity contribution in [2.24, 2.45) is 5.73 Å². The van der Waals surface area contributed by atoms with Crippen molar-refractivity contribution in [2.45, 2.75) is 6.92 Å². The van der Waals surface area contributed by atoms with Gasteiger partial charge in [0.15, 0.2) is 0 Å². The van der Waals surface area contributed by atoms with Crippen LogP contribution in [0.25, 0.3) is 22.0 Å². The Morgan fingerprint density at radius 2 is 2.14 bits per heavy atom. The quantitative estimate of drug-likeness (QED) is 0.774. The van der Waals surface area contributed by atoms with Crippen LogP contribution in [0.5, 0.6) is 0 Å². The number of benzene rings is 2. The lowest BCUT2D eigenvalue weighted by Gasteiger charge is -2.14. The van der Waals surface area contributed by atoms with Gasteiger partial charge in [0.1, 0.15) is 6.33 Å². The molecule has 0 aliphatic rings. The van der Waals surface area contributed by atoms with E-state index in [1.165, 1.54) is 6.33 Å². The van der Waals surface area contributed by atoms with E-state index in [4.69, 9.17) is 5.73 Å². The number of amides is 1. The first-order valence-electron chi connectivity index (χ1n) is 7.07. The molecule has 1 amide bonds. The lowest BCUT2D eigenvalue weighted by molar-refractivity contribution is 0.100. The van der Waals surface area contributed by atoms with Crippen molar-refractivity contribution >= 4 is 22.5 Å². The number of para-hydroxylation sites is 1. The highest BCUT2D eigenvalue weighted by Gasteiger charge is 2.13. The number of anilines is 1. The number of nitrogens with two attached hydrogens (primary N) is 1. The van der Waals surface area contributed by atoms with Gasteiger partial charge in [-0.3, -0.25) is 4.79 Å². The van der Waals surface area contributed by atoms with E-state index < -0.39 is 5.91 Å². The molecule has 0 saturated carbocycles. The third-order valence-electron chi connectivity index (χ3n) is 3.50. The maximum Gasteiger partial charge on any atom is 0.250 e. The van der Waals surface area contributed by atoms with Crippen LogP contribution in [0.2, 0.25) is 0 Å². The van der Waals surface area contributed by atoms with E-state index in [-0.39, 0.29) is 0 Å². The summed E-state index contributed by atoms with van der Waals surface area (Å²) in [5, 5.41) is 4.19. The summed E-state index contributed by atoms with van der Waals surface area (Å²) in [6.45, 7) is 2.68. The van der Waals surface area contributed by atoms with Crippen LogP contribution in [0.1, 0.15) is 17.3 Å². The molecule has 1 aromatic heterocycles. The number of carbonyl (C=O) groups is 1. The Morgan fingerprint density at radius 1 is 1.27 bits per heavy atom. The predicted molar refractivity (Wildman–Crippen MR) is 87.7 cm³/mol. The standard InChI is InChI=1S/C17H16N4O/c1-2-20-16-13(4-3-5-14(16)17(18)22)11-6-7-15-12(8-11)9-19-10-21-15/h3-10,20H,2H2,1H3,(H2,18,22). The maximum atomic E-state index is 11.7. The van der Waals surface area contributed by atoms with Crippen molar-refractivity contribution < 1.29 is 4.79 Å².